The molecule has 0 aromatic heterocycles. The van der Waals surface area contributed by atoms with Gasteiger partial charge in [-0.2, -0.15) is 0 Å². The Balaban J connectivity index is 2.88. The SMILES string of the molecule is C=C(C)CCC(NCC)c1cccc(C)c1C. The number of nitrogens with one attached hydrogen (secondary N) is 1. The van der Waals surface area contributed by atoms with Crippen LogP contribution in [0.3, 0.4) is 0 Å². The molecule has 0 saturated heterocycles. The molecule has 1 N–H and O–H groups in total. The number of aryl methyl sites for hydroxylation is 1. The minimum absolute atomic E-state index is 0.455. The molecule has 0 radical (unpaired) electrons. The third-order valence-electron chi connectivity index (χ3n) is 3.33. The lowest BCUT2D eigenvalue weighted by molar-refractivity contribution is 0.512. The molecule has 0 saturated carbocycles. The van der Waals surface area contributed by atoms with Crippen molar-refractivity contribution in [2.24, 2.45) is 0 Å². The Morgan fingerprint density at radius 1 is 1.35 bits per heavy atom. The highest BCUT2D eigenvalue weighted by molar-refractivity contribution is 5.35. The fourth-order valence-electron chi connectivity index (χ4n) is 2.16. The van der Waals surface area contributed by atoms with E-state index in [0.717, 1.165) is 19.4 Å². The van der Waals surface area contributed by atoms with Crippen LogP contribution in [0.4, 0.5) is 0 Å². The van der Waals surface area contributed by atoms with Crippen LogP contribution in [0.5, 0.6) is 0 Å². The minimum Gasteiger partial charge on any atom is -0.310 e. The van der Waals surface area contributed by atoms with E-state index >= 15 is 0 Å². The summed E-state index contributed by atoms with van der Waals surface area (Å²) in [5, 5.41) is 3.58. The van der Waals surface area contributed by atoms with E-state index < -0.39 is 0 Å². The molecule has 1 aromatic carbocycles. The van der Waals surface area contributed by atoms with E-state index in [-0.39, 0.29) is 0 Å². The van der Waals surface area contributed by atoms with Gasteiger partial charge in [-0.15, -0.1) is 6.58 Å². The number of hydrogen-bond donors (Lipinski definition) is 1. The van der Waals surface area contributed by atoms with Crippen LogP contribution in [0.25, 0.3) is 0 Å². The van der Waals surface area contributed by atoms with Crippen LogP contribution >= 0.6 is 0 Å². The molecule has 0 heterocycles. The van der Waals surface area contributed by atoms with Crippen molar-refractivity contribution in [1.82, 2.24) is 5.32 Å². The summed E-state index contributed by atoms with van der Waals surface area (Å²) in [4.78, 5) is 0. The van der Waals surface area contributed by atoms with Crippen LogP contribution in [-0.4, -0.2) is 6.54 Å². The van der Waals surface area contributed by atoms with Crippen LogP contribution in [0.1, 0.15) is 49.4 Å². The molecule has 1 nitrogen and oxygen atoms in total. The van der Waals surface area contributed by atoms with Gasteiger partial charge in [0.05, 0.1) is 0 Å². The molecule has 0 aliphatic carbocycles. The molecular formula is C16H25N. The molecule has 1 atom stereocenters. The number of allylic oxidation sites excluding steroid dienone is 1. The Morgan fingerprint density at radius 2 is 2.06 bits per heavy atom. The minimum atomic E-state index is 0.455. The van der Waals surface area contributed by atoms with Gasteiger partial charge < -0.3 is 5.32 Å². The maximum absolute atomic E-state index is 3.99. The van der Waals surface area contributed by atoms with Crippen molar-refractivity contribution in [1.29, 1.82) is 0 Å². The van der Waals surface area contributed by atoms with Gasteiger partial charge in [-0.05, 0) is 56.8 Å². The first-order valence-corrected chi connectivity index (χ1v) is 6.50. The van der Waals surface area contributed by atoms with Crippen LogP contribution in [0.2, 0.25) is 0 Å². The van der Waals surface area contributed by atoms with Crippen LogP contribution in [0.15, 0.2) is 30.4 Å². The first-order valence-electron chi connectivity index (χ1n) is 6.50. The highest BCUT2D eigenvalue weighted by Crippen LogP contribution is 2.25. The van der Waals surface area contributed by atoms with E-state index in [0.29, 0.717) is 6.04 Å². The zero-order valence-electron chi connectivity index (χ0n) is 11.6. The van der Waals surface area contributed by atoms with E-state index in [1.54, 1.807) is 0 Å². The Labute approximate surface area is 106 Å². The van der Waals surface area contributed by atoms with Crippen LogP contribution in [-0.2, 0) is 0 Å². The van der Waals surface area contributed by atoms with Crippen molar-refractivity contribution in [2.75, 3.05) is 6.54 Å². The molecule has 94 valence electrons. The average Bonchev–Trinajstić information content (AvgIpc) is 2.28. The summed E-state index contributed by atoms with van der Waals surface area (Å²) in [6, 6.07) is 7.04. The molecule has 0 fully saturated rings. The summed E-state index contributed by atoms with van der Waals surface area (Å²) in [6.07, 6.45) is 2.22. The first kappa shape index (κ1) is 14.0. The largest absolute Gasteiger partial charge is 0.310 e. The number of benzene rings is 1. The van der Waals surface area contributed by atoms with Gasteiger partial charge in [0.15, 0.2) is 0 Å². The van der Waals surface area contributed by atoms with E-state index in [1.165, 1.54) is 22.3 Å². The lowest BCUT2D eigenvalue weighted by Gasteiger charge is -2.21. The van der Waals surface area contributed by atoms with E-state index in [1.807, 2.05) is 0 Å². The predicted octanol–water partition coefficient (Wildman–Crippen LogP) is 4.31. The van der Waals surface area contributed by atoms with E-state index in [2.05, 4.69) is 57.8 Å². The molecule has 0 amide bonds. The normalized spacial score (nSPS) is 12.5. The summed E-state index contributed by atoms with van der Waals surface area (Å²) in [5.74, 6) is 0. The summed E-state index contributed by atoms with van der Waals surface area (Å²) in [7, 11) is 0. The average molecular weight is 231 g/mol. The van der Waals surface area contributed by atoms with Gasteiger partial charge in [0.2, 0.25) is 0 Å². The second kappa shape index (κ2) is 6.61. The molecule has 0 spiro atoms. The molecule has 0 bridgehead atoms. The molecule has 17 heavy (non-hydrogen) atoms. The molecular weight excluding hydrogens is 206 g/mol. The second-order valence-corrected chi connectivity index (χ2v) is 4.90. The van der Waals surface area contributed by atoms with Gasteiger partial charge >= 0.3 is 0 Å². The second-order valence-electron chi connectivity index (χ2n) is 4.90. The highest BCUT2D eigenvalue weighted by Gasteiger charge is 2.13. The van der Waals surface area contributed by atoms with Gasteiger partial charge in [-0.1, -0.05) is 30.7 Å². The van der Waals surface area contributed by atoms with Gasteiger partial charge in [-0.3, -0.25) is 0 Å². The molecule has 1 aromatic rings. The van der Waals surface area contributed by atoms with Gasteiger partial charge in [0.1, 0.15) is 0 Å². The Kier molecular flexibility index (Phi) is 5.43. The number of hydrogen-bond acceptors (Lipinski definition) is 1. The maximum Gasteiger partial charge on any atom is 0.0325 e. The first-order chi connectivity index (χ1) is 8.06. The Morgan fingerprint density at radius 3 is 2.65 bits per heavy atom. The molecule has 0 aliphatic heterocycles. The molecule has 1 rings (SSSR count). The van der Waals surface area contributed by atoms with Gasteiger partial charge in [-0.25, -0.2) is 0 Å². The smallest absolute Gasteiger partial charge is 0.0325 e. The summed E-state index contributed by atoms with van der Waals surface area (Å²) >= 11 is 0. The van der Waals surface area contributed by atoms with Crippen LogP contribution < -0.4 is 5.32 Å². The fourth-order valence-corrected chi connectivity index (χ4v) is 2.16. The van der Waals surface area contributed by atoms with Crippen molar-refractivity contribution in [3.8, 4) is 0 Å². The monoisotopic (exact) mass is 231 g/mol. The Hall–Kier alpha value is -1.08. The van der Waals surface area contributed by atoms with E-state index in [9.17, 15) is 0 Å². The van der Waals surface area contributed by atoms with Crippen LogP contribution in [0, 0.1) is 13.8 Å². The molecule has 1 heteroatoms. The topological polar surface area (TPSA) is 12.0 Å². The summed E-state index contributed by atoms with van der Waals surface area (Å²) < 4.78 is 0. The summed E-state index contributed by atoms with van der Waals surface area (Å²) in [5.41, 5.74) is 5.49. The predicted molar refractivity (Wildman–Crippen MR) is 76.4 cm³/mol. The lowest BCUT2D eigenvalue weighted by Crippen LogP contribution is -2.22. The third kappa shape index (κ3) is 4.01. The Bertz CT molecular complexity index is 379. The van der Waals surface area contributed by atoms with Crippen molar-refractivity contribution in [3.63, 3.8) is 0 Å². The lowest BCUT2D eigenvalue weighted by atomic mass is 9.93. The zero-order chi connectivity index (χ0) is 12.8. The van der Waals surface area contributed by atoms with E-state index in [4.69, 9.17) is 0 Å². The third-order valence-corrected chi connectivity index (χ3v) is 3.33. The molecule has 0 aliphatic rings. The summed E-state index contributed by atoms with van der Waals surface area (Å²) in [6.45, 7) is 13.7. The quantitative estimate of drug-likeness (QED) is 0.719. The highest BCUT2D eigenvalue weighted by atomic mass is 14.9. The van der Waals surface area contributed by atoms with Gasteiger partial charge in [0.25, 0.3) is 0 Å². The fraction of sp³-hybridized carbons (Fsp3) is 0.500. The maximum atomic E-state index is 3.99. The number of rotatable bonds is 6. The van der Waals surface area contributed by atoms with Gasteiger partial charge in [0, 0.05) is 6.04 Å². The van der Waals surface area contributed by atoms with Crippen molar-refractivity contribution in [2.45, 2.75) is 46.6 Å². The van der Waals surface area contributed by atoms with Crippen molar-refractivity contribution < 1.29 is 0 Å². The van der Waals surface area contributed by atoms with Crippen molar-refractivity contribution >= 4 is 0 Å². The van der Waals surface area contributed by atoms with Crippen molar-refractivity contribution in [3.05, 3.63) is 47.0 Å². The molecule has 1 unspecified atom stereocenters. The zero-order valence-corrected chi connectivity index (χ0v) is 11.6. The standard InChI is InChI=1S/C16H25N/c1-6-17-16(11-10-12(2)3)15-9-7-8-13(4)14(15)5/h7-9,16-17H,2,6,10-11H2,1,3-5H3.